The van der Waals surface area contributed by atoms with Gasteiger partial charge in [-0.25, -0.2) is 8.78 Å². The van der Waals surface area contributed by atoms with Crippen molar-refractivity contribution in [2.45, 2.75) is 39.0 Å². The van der Waals surface area contributed by atoms with E-state index in [0.717, 1.165) is 31.7 Å². The third-order valence-electron chi connectivity index (χ3n) is 5.02. The van der Waals surface area contributed by atoms with E-state index < -0.39 is 17.0 Å². The molecule has 0 saturated heterocycles. The van der Waals surface area contributed by atoms with E-state index in [1.54, 1.807) is 25.1 Å². The second-order valence-electron chi connectivity index (χ2n) is 7.27. The Hall–Kier alpha value is -1.45. The van der Waals surface area contributed by atoms with Crippen LogP contribution in [0.3, 0.4) is 0 Å². The summed E-state index contributed by atoms with van der Waals surface area (Å²) in [5.41, 5.74) is -0.103. The molecule has 1 fully saturated rings. The third-order valence-corrected chi connectivity index (χ3v) is 5.02. The van der Waals surface area contributed by atoms with E-state index in [1.165, 1.54) is 6.07 Å². The van der Waals surface area contributed by atoms with Gasteiger partial charge in [-0.3, -0.25) is 9.79 Å². The molecular weight excluding hydrogens is 477 g/mol. The standard InChI is InChI=1S/C20H30F2N4O.HI/c1-4-23-19(24-13-10-15-8-7-9-16(21)17(15)22)25-14-20(11-5-6-12-20)18(27)26(2)3;/h7-9H,4-6,10-14H2,1-3H3,(H2,23,24,25);1H. The van der Waals surface area contributed by atoms with Crippen molar-refractivity contribution in [2.24, 2.45) is 10.4 Å². The maximum atomic E-state index is 13.8. The van der Waals surface area contributed by atoms with Gasteiger partial charge in [0.15, 0.2) is 17.6 Å². The highest BCUT2D eigenvalue weighted by atomic mass is 127. The molecule has 5 nitrogen and oxygen atoms in total. The Morgan fingerprint density at radius 3 is 2.50 bits per heavy atom. The van der Waals surface area contributed by atoms with Gasteiger partial charge in [0.05, 0.1) is 12.0 Å². The summed E-state index contributed by atoms with van der Waals surface area (Å²) < 4.78 is 27.0. The minimum atomic E-state index is -0.835. The number of carbonyl (C=O) groups excluding carboxylic acids is 1. The zero-order valence-corrected chi connectivity index (χ0v) is 19.2. The molecule has 158 valence electrons. The van der Waals surface area contributed by atoms with Crippen LogP contribution in [0.15, 0.2) is 23.2 Å². The molecule has 0 bridgehead atoms. The van der Waals surface area contributed by atoms with Gasteiger partial charge in [-0.05, 0) is 37.8 Å². The van der Waals surface area contributed by atoms with Gasteiger partial charge in [-0.1, -0.05) is 25.0 Å². The number of nitrogens with zero attached hydrogens (tertiary/aromatic N) is 2. The van der Waals surface area contributed by atoms with Crippen LogP contribution in [0.2, 0.25) is 0 Å². The van der Waals surface area contributed by atoms with Gasteiger partial charge in [-0.15, -0.1) is 24.0 Å². The van der Waals surface area contributed by atoms with Gasteiger partial charge in [0, 0.05) is 27.2 Å². The van der Waals surface area contributed by atoms with E-state index in [0.29, 0.717) is 37.6 Å². The van der Waals surface area contributed by atoms with Crippen molar-refractivity contribution in [1.82, 2.24) is 15.5 Å². The van der Waals surface area contributed by atoms with Crippen molar-refractivity contribution in [2.75, 3.05) is 33.7 Å². The molecule has 1 saturated carbocycles. The van der Waals surface area contributed by atoms with E-state index >= 15 is 0 Å². The number of nitrogens with one attached hydrogen (secondary N) is 2. The summed E-state index contributed by atoms with van der Waals surface area (Å²) >= 11 is 0. The second kappa shape index (κ2) is 11.5. The van der Waals surface area contributed by atoms with Crippen LogP contribution >= 0.6 is 24.0 Å². The first-order valence-corrected chi connectivity index (χ1v) is 9.56. The lowest BCUT2D eigenvalue weighted by atomic mass is 9.85. The van der Waals surface area contributed by atoms with Gasteiger partial charge >= 0.3 is 0 Å². The molecule has 1 aromatic rings. The van der Waals surface area contributed by atoms with Crippen molar-refractivity contribution in [3.63, 3.8) is 0 Å². The minimum Gasteiger partial charge on any atom is -0.357 e. The minimum absolute atomic E-state index is 0. The highest BCUT2D eigenvalue weighted by molar-refractivity contribution is 14.0. The summed E-state index contributed by atoms with van der Waals surface area (Å²) in [6, 6.07) is 4.19. The maximum Gasteiger partial charge on any atom is 0.230 e. The van der Waals surface area contributed by atoms with Gasteiger partial charge in [0.1, 0.15) is 0 Å². The molecule has 1 aliphatic rings. The van der Waals surface area contributed by atoms with E-state index in [4.69, 9.17) is 0 Å². The van der Waals surface area contributed by atoms with Crippen LogP contribution in [-0.4, -0.2) is 50.5 Å². The van der Waals surface area contributed by atoms with Crippen molar-refractivity contribution in [1.29, 1.82) is 0 Å². The molecule has 0 aromatic heterocycles. The Morgan fingerprint density at radius 2 is 1.89 bits per heavy atom. The lowest BCUT2D eigenvalue weighted by Crippen LogP contribution is -2.43. The van der Waals surface area contributed by atoms with Crippen LogP contribution in [0.1, 0.15) is 38.2 Å². The van der Waals surface area contributed by atoms with Crippen LogP contribution in [0.25, 0.3) is 0 Å². The third kappa shape index (κ3) is 6.28. The first-order chi connectivity index (χ1) is 12.9. The van der Waals surface area contributed by atoms with Crippen LogP contribution in [0, 0.1) is 17.0 Å². The number of guanidine groups is 1. The molecule has 1 aromatic carbocycles. The largest absolute Gasteiger partial charge is 0.357 e. The quantitative estimate of drug-likeness (QED) is 0.338. The van der Waals surface area contributed by atoms with Crippen molar-refractivity contribution < 1.29 is 13.6 Å². The molecular formula is C20H31F2IN4O. The maximum absolute atomic E-state index is 13.8. The zero-order valence-electron chi connectivity index (χ0n) is 16.9. The summed E-state index contributed by atoms with van der Waals surface area (Å²) in [5.74, 6) is -0.922. The SMILES string of the molecule is CCNC(=NCC1(C(=O)N(C)C)CCCC1)NCCc1cccc(F)c1F.I. The number of halogens is 3. The molecule has 1 amide bonds. The highest BCUT2D eigenvalue weighted by Gasteiger charge is 2.42. The number of aliphatic imine (C=N–C) groups is 1. The molecule has 0 heterocycles. The number of rotatable bonds is 7. The average Bonchev–Trinajstić information content (AvgIpc) is 3.12. The summed E-state index contributed by atoms with van der Waals surface area (Å²) in [5, 5.41) is 6.30. The van der Waals surface area contributed by atoms with Gasteiger partial charge in [0.2, 0.25) is 5.91 Å². The number of hydrogen-bond acceptors (Lipinski definition) is 2. The number of carbonyl (C=O) groups is 1. The summed E-state index contributed by atoms with van der Waals surface area (Å²) in [7, 11) is 3.56. The fraction of sp³-hybridized carbons (Fsp3) is 0.600. The predicted octanol–water partition coefficient (Wildman–Crippen LogP) is 3.33. The molecule has 28 heavy (non-hydrogen) atoms. The number of benzene rings is 1. The first-order valence-electron chi connectivity index (χ1n) is 9.56. The summed E-state index contributed by atoms with van der Waals surface area (Å²) in [6.07, 6.45) is 4.12. The van der Waals surface area contributed by atoms with Gasteiger partial charge < -0.3 is 15.5 Å². The lowest BCUT2D eigenvalue weighted by Gasteiger charge is -2.29. The molecule has 0 aliphatic heterocycles. The first kappa shape index (κ1) is 24.6. The van der Waals surface area contributed by atoms with E-state index in [1.807, 2.05) is 6.92 Å². The topological polar surface area (TPSA) is 56.7 Å². The van der Waals surface area contributed by atoms with Crippen LogP contribution in [0.4, 0.5) is 8.78 Å². The normalized spacial score (nSPS) is 15.7. The number of amides is 1. The second-order valence-corrected chi connectivity index (χ2v) is 7.27. The van der Waals surface area contributed by atoms with Gasteiger partial charge in [-0.2, -0.15) is 0 Å². The van der Waals surface area contributed by atoms with Crippen LogP contribution in [-0.2, 0) is 11.2 Å². The predicted molar refractivity (Wildman–Crippen MR) is 119 cm³/mol. The fourth-order valence-electron chi connectivity index (χ4n) is 3.59. The fourth-order valence-corrected chi connectivity index (χ4v) is 3.59. The Bertz CT molecular complexity index is 676. The molecule has 0 radical (unpaired) electrons. The van der Waals surface area contributed by atoms with E-state index in [-0.39, 0.29) is 29.9 Å². The molecule has 2 N–H and O–H groups in total. The summed E-state index contributed by atoms with van der Waals surface area (Å²) in [4.78, 5) is 18.9. The Labute approximate surface area is 183 Å². The van der Waals surface area contributed by atoms with Crippen LogP contribution < -0.4 is 10.6 Å². The molecule has 0 spiro atoms. The summed E-state index contributed by atoms with van der Waals surface area (Å²) in [6.45, 7) is 3.48. The Kier molecular flexibility index (Phi) is 10.1. The Balaban J connectivity index is 0.00000392. The lowest BCUT2D eigenvalue weighted by molar-refractivity contribution is -0.138. The molecule has 0 unspecified atom stereocenters. The molecule has 0 atom stereocenters. The highest BCUT2D eigenvalue weighted by Crippen LogP contribution is 2.39. The van der Waals surface area contributed by atoms with Crippen molar-refractivity contribution >= 4 is 35.8 Å². The average molecular weight is 508 g/mol. The smallest absolute Gasteiger partial charge is 0.230 e. The monoisotopic (exact) mass is 508 g/mol. The zero-order chi connectivity index (χ0) is 19.9. The molecule has 1 aliphatic carbocycles. The molecule has 2 rings (SSSR count). The Morgan fingerprint density at radius 1 is 1.21 bits per heavy atom. The number of hydrogen-bond donors (Lipinski definition) is 2. The van der Waals surface area contributed by atoms with Gasteiger partial charge in [0.25, 0.3) is 0 Å². The van der Waals surface area contributed by atoms with Crippen LogP contribution in [0.5, 0.6) is 0 Å². The van der Waals surface area contributed by atoms with Crippen molar-refractivity contribution in [3.8, 4) is 0 Å². The van der Waals surface area contributed by atoms with E-state index in [2.05, 4.69) is 15.6 Å². The van der Waals surface area contributed by atoms with Crippen molar-refractivity contribution in [3.05, 3.63) is 35.4 Å². The van der Waals surface area contributed by atoms with E-state index in [9.17, 15) is 13.6 Å². The molecule has 8 heteroatoms.